The van der Waals surface area contributed by atoms with E-state index in [0.717, 1.165) is 37.6 Å². The van der Waals surface area contributed by atoms with Gasteiger partial charge in [-0.05, 0) is 48.4 Å². The van der Waals surface area contributed by atoms with Crippen LogP contribution in [0.5, 0.6) is 0 Å². The zero-order valence-electron chi connectivity index (χ0n) is 12.8. The SMILES string of the molecule is O=C(CCc1ccc2[nH]ccc2c1)NC1CCCCC1CO. The van der Waals surface area contributed by atoms with Gasteiger partial charge in [0.2, 0.25) is 5.91 Å². The van der Waals surface area contributed by atoms with E-state index in [-0.39, 0.29) is 24.5 Å². The Hall–Kier alpha value is -1.81. The molecule has 1 heterocycles. The van der Waals surface area contributed by atoms with Crippen LogP contribution in [0.15, 0.2) is 30.5 Å². The van der Waals surface area contributed by atoms with Crippen molar-refractivity contribution in [2.24, 2.45) is 5.92 Å². The molecule has 0 saturated heterocycles. The molecule has 1 aromatic heterocycles. The fourth-order valence-electron chi connectivity index (χ4n) is 3.41. The smallest absolute Gasteiger partial charge is 0.220 e. The number of nitrogens with one attached hydrogen (secondary N) is 2. The van der Waals surface area contributed by atoms with E-state index in [1.807, 2.05) is 12.3 Å². The van der Waals surface area contributed by atoms with Gasteiger partial charge in [0, 0.05) is 36.7 Å². The lowest BCUT2D eigenvalue weighted by Gasteiger charge is -2.30. The maximum atomic E-state index is 12.2. The van der Waals surface area contributed by atoms with Crippen LogP contribution in [0.25, 0.3) is 10.9 Å². The minimum atomic E-state index is 0.0968. The average molecular weight is 300 g/mol. The number of H-pyrrole nitrogens is 1. The van der Waals surface area contributed by atoms with Gasteiger partial charge in [-0.2, -0.15) is 0 Å². The standard InChI is InChI=1S/C18H24N2O2/c21-12-15-3-1-2-4-17(15)20-18(22)8-6-13-5-7-16-14(11-13)9-10-19-16/h5,7,9-11,15,17,19,21H,1-4,6,8,12H2,(H,20,22). The van der Waals surface area contributed by atoms with Crippen molar-refractivity contribution in [1.29, 1.82) is 0 Å². The minimum Gasteiger partial charge on any atom is -0.396 e. The summed E-state index contributed by atoms with van der Waals surface area (Å²) in [6.45, 7) is 0.176. The monoisotopic (exact) mass is 300 g/mol. The van der Waals surface area contributed by atoms with Crippen LogP contribution in [0, 0.1) is 5.92 Å². The van der Waals surface area contributed by atoms with E-state index in [1.165, 1.54) is 10.9 Å². The van der Waals surface area contributed by atoms with Crippen molar-refractivity contribution in [3.63, 3.8) is 0 Å². The molecule has 0 bridgehead atoms. The van der Waals surface area contributed by atoms with Gasteiger partial charge < -0.3 is 15.4 Å². The van der Waals surface area contributed by atoms with Gasteiger partial charge in [-0.1, -0.05) is 18.9 Å². The van der Waals surface area contributed by atoms with E-state index in [2.05, 4.69) is 28.5 Å². The lowest BCUT2D eigenvalue weighted by molar-refractivity contribution is -0.122. The molecule has 2 atom stereocenters. The predicted molar refractivity (Wildman–Crippen MR) is 87.6 cm³/mol. The molecule has 1 saturated carbocycles. The fourth-order valence-corrected chi connectivity index (χ4v) is 3.41. The quantitative estimate of drug-likeness (QED) is 0.795. The highest BCUT2D eigenvalue weighted by Crippen LogP contribution is 2.24. The molecule has 118 valence electrons. The molecule has 2 unspecified atom stereocenters. The van der Waals surface area contributed by atoms with Crippen LogP contribution in [-0.2, 0) is 11.2 Å². The van der Waals surface area contributed by atoms with E-state index in [0.29, 0.717) is 6.42 Å². The van der Waals surface area contributed by atoms with Crippen molar-refractivity contribution < 1.29 is 9.90 Å². The molecule has 1 aliphatic carbocycles. The second kappa shape index (κ2) is 6.97. The first-order valence-corrected chi connectivity index (χ1v) is 8.22. The minimum absolute atomic E-state index is 0.0968. The van der Waals surface area contributed by atoms with Gasteiger partial charge in [0.15, 0.2) is 0 Å². The molecule has 3 N–H and O–H groups in total. The van der Waals surface area contributed by atoms with Crippen LogP contribution in [0.3, 0.4) is 0 Å². The average Bonchev–Trinajstić information content (AvgIpc) is 3.01. The number of carbonyl (C=O) groups is 1. The molecular formula is C18H24N2O2. The number of aryl methyl sites for hydroxylation is 1. The molecule has 1 amide bonds. The van der Waals surface area contributed by atoms with Crippen molar-refractivity contribution in [3.05, 3.63) is 36.0 Å². The topological polar surface area (TPSA) is 65.1 Å². The molecular weight excluding hydrogens is 276 g/mol. The zero-order valence-corrected chi connectivity index (χ0v) is 12.8. The normalized spacial score (nSPS) is 21.9. The lowest BCUT2D eigenvalue weighted by atomic mass is 9.85. The van der Waals surface area contributed by atoms with Crippen LogP contribution in [-0.4, -0.2) is 28.6 Å². The summed E-state index contributed by atoms with van der Waals surface area (Å²) in [7, 11) is 0. The molecule has 22 heavy (non-hydrogen) atoms. The number of benzene rings is 1. The Balaban J connectivity index is 1.53. The van der Waals surface area contributed by atoms with Crippen LogP contribution >= 0.6 is 0 Å². The van der Waals surface area contributed by atoms with Crippen LogP contribution in [0.4, 0.5) is 0 Å². The Labute approximate surface area is 130 Å². The van der Waals surface area contributed by atoms with E-state index in [9.17, 15) is 9.90 Å². The van der Waals surface area contributed by atoms with Gasteiger partial charge >= 0.3 is 0 Å². The first-order valence-electron chi connectivity index (χ1n) is 8.22. The molecule has 0 spiro atoms. The van der Waals surface area contributed by atoms with E-state index >= 15 is 0 Å². The Morgan fingerprint density at radius 3 is 3.00 bits per heavy atom. The van der Waals surface area contributed by atoms with Crippen molar-refractivity contribution in [2.75, 3.05) is 6.61 Å². The third-order valence-electron chi connectivity index (χ3n) is 4.75. The molecule has 4 nitrogen and oxygen atoms in total. The van der Waals surface area contributed by atoms with Crippen LogP contribution < -0.4 is 5.32 Å². The molecule has 0 radical (unpaired) electrons. The molecule has 4 heteroatoms. The fraction of sp³-hybridized carbons (Fsp3) is 0.500. The summed E-state index contributed by atoms with van der Waals surface area (Å²) >= 11 is 0. The van der Waals surface area contributed by atoms with E-state index < -0.39 is 0 Å². The Bertz CT molecular complexity index is 635. The van der Waals surface area contributed by atoms with Crippen LogP contribution in [0.1, 0.15) is 37.7 Å². The van der Waals surface area contributed by atoms with Crippen molar-refractivity contribution in [3.8, 4) is 0 Å². The highest BCUT2D eigenvalue weighted by molar-refractivity contribution is 5.80. The highest BCUT2D eigenvalue weighted by atomic mass is 16.3. The Morgan fingerprint density at radius 2 is 2.14 bits per heavy atom. The van der Waals surface area contributed by atoms with Gasteiger partial charge in [-0.15, -0.1) is 0 Å². The molecule has 1 aromatic carbocycles. The third-order valence-corrected chi connectivity index (χ3v) is 4.75. The maximum absolute atomic E-state index is 12.2. The molecule has 0 aliphatic heterocycles. The summed E-state index contributed by atoms with van der Waals surface area (Å²) in [4.78, 5) is 15.3. The van der Waals surface area contributed by atoms with Gasteiger partial charge in [0.25, 0.3) is 0 Å². The van der Waals surface area contributed by atoms with Crippen molar-refractivity contribution in [2.45, 2.75) is 44.6 Å². The number of rotatable bonds is 5. The molecule has 1 aliphatic rings. The van der Waals surface area contributed by atoms with Gasteiger partial charge in [-0.25, -0.2) is 0 Å². The van der Waals surface area contributed by atoms with Crippen LogP contribution in [0.2, 0.25) is 0 Å². The Morgan fingerprint density at radius 1 is 1.27 bits per heavy atom. The van der Waals surface area contributed by atoms with Crippen molar-refractivity contribution in [1.82, 2.24) is 10.3 Å². The number of aromatic nitrogens is 1. The van der Waals surface area contributed by atoms with Gasteiger partial charge in [-0.3, -0.25) is 4.79 Å². The second-order valence-corrected chi connectivity index (χ2v) is 6.30. The zero-order chi connectivity index (χ0) is 15.4. The summed E-state index contributed by atoms with van der Waals surface area (Å²) in [6.07, 6.45) is 7.51. The third kappa shape index (κ3) is 3.50. The summed E-state index contributed by atoms with van der Waals surface area (Å²) in [6, 6.07) is 8.47. The summed E-state index contributed by atoms with van der Waals surface area (Å²) < 4.78 is 0. The summed E-state index contributed by atoms with van der Waals surface area (Å²) in [5.74, 6) is 0.327. The number of fused-ring (bicyclic) bond motifs is 1. The number of hydrogen-bond donors (Lipinski definition) is 3. The second-order valence-electron chi connectivity index (χ2n) is 6.30. The number of aromatic amines is 1. The lowest BCUT2D eigenvalue weighted by Crippen LogP contribution is -2.43. The first kappa shape index (κ1) is 15.1. The molecule has 1 fully saturated rings. The van der Waals surface area contributed by atoms with Crippen molar-refractivity contribution >= 4 is 16.8 Å². The van der Waals surface area contributed by atoms with E-state index in [1.54, 1.807) is 0 Å². The van der Waals surface area contributed by atoms with Gasteiger partial charge in [0.1, 0.15) is 0 Å². The van der Waals surface area contributed by atoms with Gasteiger partial charge in [0.05, 0.1) is 0 Å². The largest absolute Gasteiger partial charge is 0.396 e. The Kier molecular flexibility index (Phi) is 4.78. The number of aliphatic hydroxyl groups is 1. The number of aliphatic hydroxyl groups excluding tert-OH is 1. The number of hydrogen-bond acceptors (Lipinski definition) is 2. The molecule has 2 aromatic rings. The first-order chi connectivity index (χ1) is 10.8. The number of amides is 1. The summed E-state index contributed by atoms with van der Waals surface area (Å²) in [5.41, 5.74) is 2.31. The maximum Gasteiger partial charge on any atom is 0.220 e. The van der Waals surface area contributed by atoms with E-state index in [4.69, 9.17) is 0 Å². The summed E-state index contributed by atoms with van der Waals surface area (Å²) in [5, 5.41) is 13.7. The highest BCUT2D eigenvalue weighted by Gasteiger charge is 2.25. The predicted octanol–water partition coefficient (Wildman–Crippen LogP) is 2.77. The molecule has 3 rings (SSSR count). The number of carbonyl (C=O) groups excluding carboxylic acids is 1.